The van der Waals surface area contributed by atoms with E-state index in [1.807, 2.05) is 13.8 Å². The molecule has 0 fully saturated rings. The summed E-state index contributed by atoms with van der Waals surface area (Å²) in [5, 5.41) is 6.58. The standard InChI is InChI=1S/C13H20ClN3O2S/c1-10(2)17-13(15-3)16-8-9-20(18,19)12-6-4-11(14)5-7-12/h4-7,10H,8-9H2,1-3H3,(H2,15,16,17). The van der Waals surface area contributed by atoms with Crippen LogP contribution in [0.1, 0.15) is 13.8 Å². The van der Waals surface area contributed by atoms with Crippen LogP contribution in [0.3, 0.4) is 0 Å². The van der Waals surface area contributed by atoms with Gasteiger partial charge in [0.2, 0.25) is 0 Å². The largest absolute Gasteiger partial charge is 0.355 e. The highest BCUT2D eigenvalue weighted by Gasteiger charge is 2.14. The minimum atomic E-state index is -3.31. The van der Waals surface area contributed by atoms with Gasteiger partial charge in [0, 0.05) is 24.7 Å². The number of hydrogen-bond donors (Lipinski definition) is 2. The van der Waals surface area contributed by atoms with Gasteiger partial charge in [-0.3, -0.25) is 4.99 Å². The highest BCUT2D eigenvalue weighted by atomic mass is 35.5. The van der Waals surface area contributed by atoms with E-state index in [0.29, 0.717) is 11.0 Å². The Labute approximate surface area is 125 Å². The molecule has 0 aromatic heterocycles. The van der Waals surface area contributed by atoms with E-state index in [1.165, 1.54) is 12.1 Å². The molecule has 1 aromatic carbocycles. The fourth-order valence-electron chi connectivity index (χ4n) is 1.53. The smallest absolute Gasteiger partial charge is 0.191 e. The molecule has 0 aliphatic rings. The van der Waals surface area contributed by atoms with Gasteiger partial charge < -0.3 is 10.6 Å². The maximum Gasteiger partial charge on any atom is 0.191 e. The first-order chi connectivity index (χ1) is 9.35. The molecule has 0 radical (unpaired) electrons. The maximum atomic E-state index is 12.1. The summed E-state index contributed by atoms with van der Waals surface area (Å²) in [6.45, 7) is 4.26. The van der Waals surface area contributed by atoms with Gasteiger partial charge >= 0.3 is 0 Å². The molecule has 1 rings (SSSR count). The number of benzene rings is 1. The van der Waals surface area contributed by atoms with Gasteiger partial charge in [0.15, 0.2) is 15.8 Å². The number of sulfone groups is 1. The highest BCUT2D eigenvalue weighted by Crippen LogP contribution is 2.14. The number of nitrogens with zero attached hydrogens (tertiary/aromatic N) is 1. The molecule has 0 aliphatic heterocycles. The second-order valence-electron chi connectivity index (χ2n) is 4.57. The monoisotopic (exact) mass is 317 g/mol. The Hall–Kier alpha value is -1.27. The minimum absolute atomic E-state index is 0.00652. The first-order valence-electron chi connectivity index (χ1n) is 6.30. The van der Waals surface area contributed by atoms with Gasteiger partial charge in [-0.1, -0.05) is 11.6 Å². The zero-order valence-electron chi connectivity index (χ0n) is 11.9. The Balaban J connectivity index is 2.58. The van der Waals surface area contributed by atoms with Crippen LogP contribution >= 0.6 is 11.6 Å². The first kappa shape index (κ1) is 16.8. The molecule has 0 heterocycles. The number of guanidine groups is 1. The van der Waals surface area contributed by atoms with E-state index >= 15 is 0 Å². The lowest BCUT2D eigenvalue weighted by molar-refractivity contribution is 0.594. The van der Waals surface area contributed by atoms with E-state index < -0.39 is 9.84 Å². The summed E-state index contributed by atoms with van der Waals surface area (Å²) in [6.07, 6.45) is 0. The van der Waals surface area contributed by atoms with Crippen molar-refractivity contribution in [3.63, 3.8) is 0 Å². The van der Waals surface area contributed by atoms with Crippen LogP contribution in [0.2, 0.25) is 5.02 Å². The molecule has 1 aromatic rings. The van der Waals surface area contributed by atoms with Crippen molar-refractivity contribution in [3.05, 3.63) is 29.3 Å². The number of rotatable bonds is 5. The van der Waals surface area contributed by atoms with Crippen molar-refractivity contribution in [2.24, 2.45) is 4.99 Å². The van der Waals surface area contributed by atoms with Crippen LogP contribution in [-0.4, -0.2) is 39.8 Å². The van der Waals surface area contributed by atoms with Gasteiger partial charge in [0.25, 0.3) is 0 Å². The minimum Gasteiger partial charge on any atom is -0.355 e. The van der Waals surface area contributed by atoms with Crippen LogP contribution in [0.4, 0.5) is 0 Å². The molecule has 7 heteroatoms. The van der Waals surface area contributed by atoms with E-state index in [0.717, 1.165) is 0 Å². The van der Waals surface area contributed by atoms with Crippen LogP contribution in [-0.2, 0) is 9.84 Å². The molecule has 112 valence electrons. The third-order valence-electron chi connectivity index (χ3n) is 2.48. The molecule has 0 amide bonds. The van der Waals surface area contributed by atoms with Crippen LogP contribution in [0.5, 0.6) is 0 Å². The lowest BCUT2D eigenvalue weighted by atomic mass is 10.4. The summed E-state index contributed by atoms with van der Waals surface area (Å²) in [7, 11) is -1.67. The zero-order chi connectivity index (χ0) is 15.2. The second-order valence-corrected chi connectivity index (χ2v) is 7.12. The van der Waals surface area contributed by atoms with Crippen LogP contribution in [0, 0.1) is 0 Å². The van der Waals surface area contributed by atoms with E-state index in [4.69, 9.17) is 11.6 Å². The Bertz CT molecular complexity index is 553. The molecule has 0 bridgehead atoms. The molecule has 0 saturated heterocycles. The van der Waals surface area contributed by atoms with E-state index in [-0.39, 0.29) is 23.2 Å². The number of hydrogen-bond acceptors (Lipinski definition) is 3. The average Bonchev–Trinajstić information content (AvgIpc) is 2.37. The van der Waals surface area contributed by atoms with E-state index in [1.54, 1.807) is 19.2 Å². The van der Waals surface area contributed by atoms with Gasteiger partial charge in [-0.15, -0.1) is 0 Å². The molecule has 0 spiro atoms. The molecular weight excluding hydrogens is 298 g/mol. The van der Waals surface area contributed by atoms with Crippen molar-refractivity contribution in [1.29, 1.82) is 0 Å². The predicted octanol–water partition coefficient (Wildman–Crippen LogP) is 1.69. The summed E-state index contributed by atoms with van der Waals surface area (Å²) < 4.78 is 24.2. The fourth-order valence-corrected chi connectivity index (χ4v) is 2.81. The number of nitrogens with one attached hydrogen (secondary N) is 2. The van der Waals surface area contributed by atoms with E-state index in [2.05, 4.69) is 15.6 Å². The summed E-state index contributed by atoms with van der Waals surface area (Å²) >= 11 is 5.74. The SMILES string of the molecule is CN=C(NCCS(=O)(=O)c1ccc(Cl)cc1)NC(C)C. The molecule has 2 N–H and O–H groups in total. The average molecular weight is 318 g/mol. The molecule has 5 nitrogen and oxygen atoms in total. The number of aliphatic imine (C=N–C) groups is 1. The van der Waals surface area contributed by atoms with Crippen molar-refractivity contribution in [2.45, 2.75) is 24.8 Å². The second kappa shape index (κ2) is 7.50. The summed E-state index contributed by atoms with van der Waals surface area (Å²) in [5.41, 5.74) is 0. The van der Waals surface area contributed by atoms with Crippen LogP contribution in [0.25, 0.3) is 0 Å². The third-order valence-corrected chi connectivity index (χ3v) is 4.47. The van der Waals surface area contributed by atoms with Crippen molar-refractivity contribution < 1.29 is 8.42 Å². The van der Waals surface area contributed by atoms with Gasteiger partial charge in [-0.2, -0.15) is 0 Å². The fraction of sp³-hybridized carbons (Fsp3) is 0.462. The summed E-state index contributed by atoms with van der Waals surface area (Å²) in [4.78, 5) is 4.29. The predicted molar refractivity (Wildman–Crippen MR) is 83.1 cm³/mol. The van der Waals surface area contributed by atoms with Crippen LogP contribution < -0.4 is 10.6 Å². The molecule has 0 saturated carbocycles. The lowest BCUT2D eigenvalue weighted by Crippen LogP contribution is -2.42. The van der Waals surface area contributed by atoms with Gasteiger partial charge in [-0.05, 0) is 38.1 Å². The quantitative estimate of drug-likeness (QED) is 0.640. The third kappa shape index (κ3) is 5.38. The maximum absolute atomic E-state index is 12.1. The van der Waals surface area contributed by atoms with Crippen molar-refractivity contribution in [1.82, 2.24) is 10.6 Å². The molecule has 0 atom stereocenters. The van der Waals surface area contributed by atoms with Crippen molar-refractivity contribution in [2.75, 3.05) is 19.3 Å². The molecule has 0 aliphatic carbocycles. The number of halogens is 1. The summed E-state index contributed by atoms with van der Waals surface area (Å²) in [6, 6.07) is 6.40. The Morgan fingerprint density at radius 2 is 1.90 bits per heavy atom. The molecule has 20 heavy (non-hydrogen) atoms. The first-order valence-corrected chi connectivity index (χ1v) is 8.33. The van der Waals surface area contributed by atoms with Crippen LogP contribution in [0.15, 0.2) is 34.2 Å². The topological polar surface area (TPSA) is 70.6 Å². The summed E-state index contributed by atoms with van der Waals surface area (Å²) in [5.74, 6) is 0.583. The zero-order valence-corrected chi connectivity index (χ0v) is 13.4. The molecular formula is C13H20ClN3O2S. The normalized spacial score (nSPS) is 12.6. The highest BCUT2D eigenvalue weighted by molar-refractivity contribution is 7.91. The Morgan fingerprint density at radius 3 is 2.40 bits per heavy atom. The Morgan fingerprint density at radius 1 is 1.30 bits per heavy atom. The van der Waals surface area contributed by atoms with Gasteiger partial charge in [0.05, 0.1) is 10.6 Å². The van der Waals surface area contributed by atoms with Gasteiger partial charge in [0.1, 0.15) is 0 Å². The lowest BCUT2D eigenvalue weighted by Gasteiger charge is -2.14. The van der Waals surface area contributed by atoms with Crippen molar-refractivity contribution >= 4 is 27.4 Å². The van der Waals surface area contributed by atoms with E-state index in [9.17, 15) is 8.42 Å². The Kier molecular flexibility index (Phi) is 6.29. The van der Waals surface area contributed by atoms with Gasteiger partial charge in [-0.25, -0.2) is 8.42 Å². The van der Waals surface area contributed by atoms with Crippen molar-refractivity contribution in [3.8, 4) is 0 Å². The molecule has 0 unspecified atom stereocenters.